The lowest BCUT2D eigenvalue weighted by molar-refractivity contribution is -0.117. The van der Waals surface area contributed by atoms with Crippen LogP contribution in [0.3, 0.4) is 0 Å². The van der Waals surface area contributed by atoms with Gasteiger partial charge in [-0.25, -0.2) is 0 Å². The van der Waals surface area contributed by atoms with Crippen LogP contribution < -0.4 is 5.32 Å². The molecule has 0 radical (unpaired) electrons. The molecule has 2 unspecified atom stereocenters. The molecule has 1 N–H and O–H groups in total. The van der Waals surface area contributed by atoms with Crippen molar-refractivity contribution in [2.45, 2.75) is 18.9 Å². The van der Waals surface area contributed by atoms with Gasteiger partial charge in [-0.05, 0) is 63.7 Å². The number of hydrogen-bond donors (Lipinski definition) is 1. The predicted octanol–water partition coefficient (Wildman–Crippen LogP) is 6.40. The maximum atomic E-state index is 12.6. The fourth-order valence-electron chi connectivity index (χ4n) is 3.16. The predicted molar refractivity (Wildman–Crippen MR) is 116 cm³/mol. The first-order valence-corrected chi connectivity index (χ1v) is 10.6. The zero-order valence-corrected chi connectivity index (χ0v) is 18.4. The molecule has 1 aliphatic carbocycles. The Morgan fingerprint density at radius 3 is 2.61 bits per heavy atom. The van der Waals surface area contributed by atoms with Gasteiger partial charge in [0.15, 0.2) is 5.82 Å². The molecule has 28 heavy (non-hydrogen) atoms. The van der Waals surface area contributed by atoms with Gasteiger partial charge in [0.1, 0.15) is 0 Å². The van der Waals surface area contributed by atoms with Gasteiger partial charge >= 0.3 is 0 Å². The van der Waals surface area contributed by atoms with Crippen molar-refractivity contribution >= 4 is 62.5 Å². The molecule has 1 fully saturated rings. The Morgan fingerprint density at radius 1 is 1.14 bits per heavy atom. The van der Waals surface area contributed by atoms with Gasteiger partial charge in [0, 0.05) is 17.1 Å². The van der Waals surface area contributed by atoms with Gasteiger partial charge in [-0.15, -0.1) is 0 Å². The molecule has 144 valence electrons. The van der Waals surface area contributed by atoms with Crippen molar-refractivity contribution in [2.24, 2.45) is 5.92 Å². The molecule has 1 heterocycles. The molecular formula is C20H15BrCl3N3O. The van der Waals surface area contributed by atoms with E-state index in [1.807, 2.05) is 36.5 Å². The molecule has 0 aliphatic heterocycles. The molecule has 3 aromatic rings. The standard InChI is InChI=1S/C20H15BrCl3N3O/c21-16-10-27(9-11-1-6-17(23)18(24)7-11)26-19(16)25-20(28)15-8-14(15)12-2-4-13(22)5-3-12/h1-7,10,14-15H,8-9H2,(H,25,26,28). The lowest BCUT2D eigenvalue weighted by Gasteiger charge is -2.04. The number of rotatable bonds is 5. The Bertz CT molecular complexity index is 1040. The summed E-state index contributed by atoms with van der Waals surface area (Å²) in [6.45, 7) is 0.516. The van der Waals surface area contributed by atoms with Crippen LogP contribution in [0.4, 0.5) is 5.82 Å². The van der Waals surface area contributed by atoms with E-state index in [-0.39, 0.29) is 17.7 Å². The number of amides is 1. The monoisotopic (exact) mass is 497 g/mol. The summed E-state index contributed by atoms with van der Waals surface area (Å²) in [4.78, 5) is 12.6. The summed E-state index contributed by atoms with van der Waals surface area (Å²) in [6.07, 6.45) is 2.65. The van der Waals surface area contributed by atoms with Gasteiger partial charge < -0.3 is 5.32 Å². The molecule has 1 saturated carbocycles. The van der Waals surface area contributed by atoms with Gasteiger partial charge in [-0.1, -0.05) is 53.0 Å². The maximum absolute atomic E-state index is 12.6. The summed E-state index contributed by atoms with van der Waals surface area (Å²) in [7, 11) is 0. The summed E-state index contributed by atoms with van der Waals surface area (Å²) in [5, 5.41) is 9.09. The fourth-order valence-corrected chi connectivity index (χ4v) is 4.02. The van der Waals surface area contributed by atoms with E-state index in [0.717, 1.165) is 22.0 Å². The molecule has 1 amide bonds. The lowest BCUT2D eigenvalue weighted by atomic mass is 10.1. The van der Waals surface area contributed by atoms with Crippen LogP contribution in [0.15, 0.2) is 53.1 Å². The number of aromatic nitrogens is 2. The van der Waals surface area contributed by atoms with Crippen molar-refractivity contribution in [1.29, 1.82) is 0 Å². The highest BCUT2D eigenvalue weighted by Gasteiger charge is 2.44. The van der Waals surface area contributed by atoms with Crippen LogP contribution in [0.1, 0.15) is 23.5 Å². The molecule has 0 spiro atoms. The molecule has 4 nitrogen and oxygen atoms in total. The van der Waals surface area contributed by atoms with Crippen molar-refractivity contribution in [3.63, 3.8) is 0 Å². The van der Waals surface area contributed by atoms with Crippen LogP contribution >= 0.6 is 50.7 Å². The summed E-state index contributed by atoms with van der Waals surface area (Å²) in [6, 6.07) is 13.1. The van der Waals surface area contributed by atoms with E-state index in [4.69, 9.17) is 34.8 Å². The minimum atomic E-state index is -0.0479. The first kappa shape index (κ1) is 19.8. The second-order valence-corrected chi connectivity index (χ2v) is 8.87. The minimum absolute atomic E-state index is 0.0274. The fraction of sp³-hybridized carbons (Fsp3) is 0.200. The smallest absolute Gasteiger partial charge is 0.229 e. The summed E-state index contributed by atoms with van der Waals surface area (Å²) in [5.41, 5.74) is 2.10. The van der Waals surface area contributed by atoms with Gasteiger partial charge in [0.05, 0.1) is 21.1 Å². The summed E-state index contributed by atoms with van der Waals surface area (Å²) in [5.74, 6) is 0.662. The normalized spacial score (nSPS) is 18.1. The van der Waals surface area contributed by atoms with Crippen LogP contribution in [-0.2, 0) is 11.3 Å². The van der Waals surface area contributed by atoms with E-state index in [1.165, 1.54) is 0 Å². The average molecular weight is 500 g/mol. The SMILES string of the molecule is O=C(Nc1nn(Cc2ccc(Cl)c(Cl)c2)cc1Br)C1CC1c1ccc(Cl)cc1. The topological polar surface area (TPSA) is 46.9 Å². The van der Waals surface area contributed by atoms with Gasteiger partial charge in [0.2, 0.25) is 5.91 Å². The Balaban J connectivity index is 1.40. The van der Waals surface area contributed by atoms with Crippen LogP contribution in [0.5, 0.6) is 0 Å². The Labute approximate surface area is 185 Å². The Hall–Kier alpha value is -1.53. The number of anilines is 1. The molecular weight excluding hydrogens is 485 g/mol. The quantitative estimate of drug-likeness (QED) is 0.442. The van der Waals surface area contributed by atoms with Gasteiger partial charge in [0.25, 0.3) is 0 Å². The van der Waals surface area contributed by atoms with E-state index in [2.05, 4.69) is 26.3 Å². The Morgan fingerprint density at radius 2 is 1.89 bits per heavy atom. The summed E-state index contributed by atoms with van der Waals surface area (Å²) >= 11 is 21.4. The minimum Gasteiger partial charge on any atom is -0.308 e. The van der Waals surface area contributed by atoms with Crippen LogP contribution in [0.25, 0.3) is 0 Å². The van der Waals surface area contributed by atoms with E-state index in [1.54, 1.807) is 16.8 Å². The number of nitrogens with zero attached hydrogens (tertiary/aromatic N) is 2. The molecule has 2 aromatic carbocycles. The van der Waals surface area contributed by atoms with E-state index in [9.17, 15) is 4.79 Å². The lowest BCUT2D eigenvalue weighted by Crippen LogP contribution is -2.15. The van der Waals surface area contributed by atoms with Crippen LogP contribution in [0, 0.1) is 5.92 Å². The molecule has 2 atom stereocenters. The number of halogens is 4. The first-order valence-electron chi connectivity index (χ1n) is 8.64. The average Bonchev–Trinajstić information content (AvgIpc) is 3.38. The highest BCUT2D eigenvalue weighted by molar-refractivity contribution is 9.10. The third-order valence-corrected chi connectivity index (χ3v) is 6.28. The second-order valence-electron chi connectivity index (χ2n) is 6.76. The van der Waals surface area contributed by atoms with Crippen molar-refractivity contribution < 1.29 is 4.79 Å². The highest BCUT2D eigenvalue weighted by Crippen LogP contribution is 2.48. The second kappa shape index (κ2) is 8.07. The maximum Gasteiger partial charge on any atom is 0.229 e. The first-order chi connectivity index (χ1) is 13.4. The zero-order valence-electron chi connectivity index (χ0n) is 14.5. The largest absolute Gasteiger partial charge is 0.308 e. The van der Waals surface area contributed by atoms with Gasteiger partial charge in [-0.3, -0.25) is 9.48 Å². The third kappa shape index (κ3) is 4.38. The van der Waals surface area contributed by atoms with Crippen molar-refractivity contribution in [3.8, 4) is 0 Å². The molecule has 1 aromatic heterocycles. The van der Waals surface area contributed by atoms with E-state index < -0.39 is 0 Å². The number of nitrogens with one attached hydrogen (secondary N) is 1. The van der Waals surface area contributed by atoms with Crippen molar-refractivity contribution in [2.75, 3.05) is 5.32 Å². The van der Waals surface area contributed by atoms with Crippen molar-refractivity contribution in [1.82, 2.24) is 9.78 Å². The van der Waals surface area contributed by atoms with Gasteiger partial charge in [-0.2, -0.15) is 5.10 Å². The number of benzene rings is 2. The van der Waals surface area contributed by atoms with Crippen LogP contribution in [0.2, 0.25) is 15.1 Å². The number of hydrogen-bond acceptors (Lipinski definition) is 2. The molecule has 8 heteroatoms. The molecule has 0 saturated heterocycles. The summed E-state index contributed by atoms with van der Waals surface area (Å²) < 4.78 is 2.47. The third-order valence-electron chi connectivity index (χ3n) is 4.71. The Kier molecular flexibility index (Phi) is 5.70. The molecule has 0 bridgehead atoms. The van der Waals surface area contributed by atoms with Crippen LogP contribution in [-0.4, -0.2) is 15.7 Å². The molecule has 1 aliphatic rings. The zero-order chi connectivity index (χ0) is 19.8. The van der Waals surface area contributed by atoms with E-state index in [0.29, 0.717) is 27.4 Å². The highest BCUT2D eigenvalue weighted by atomic mass is 79.9. The number of carbonyl (C=O) groups excluding carboxylic acids is 1. The van der Waals surface area contributed by atoms with Crippen molar-refractivity contribution in [3.05, 3.63) is 79.3 Å². The molecule has 4 rings (SSSR count). The van der Waals surface area contributed by atoms with E-state index >= 15 is 0 Å². The number of carbonyl (C=O) groups is 1.